The van der Waals surface area contributed by atoms with E-state index in [1.807, 2.05) is 0 Å². The molecule has 1 aromatic carbocycles. The van der Waals surface area contributed by atoms with Crippen molar-refractivity contribution in [1.82, 2.24) is 15.5 Å². The van der Waals surface area contributed by atoms with E-state index in [-0.39, 0.29) is 23.4 Å². The van der Waals surface area contributed by atoms with Crippen molar-refractivity contribution in [2.45, 2.75) is 95.1 Å². The van der Waals surface area contributed by atoms with E-state index in [2.05, 4.69) is 45.9 Å². The maximum Gasteiger partial charge on any atom is 0.220 e. The molecule has 6 fully saturated rings. The summed E-state index contributed by atoms with van der Waals surface area (Å²) in [6.07, 6.45) is 14.0. The van der Waals surface area contributed by atoms with Crippen LogP contribution in [0.4, 0.5) is 0 Å². The standard InChI is InChI=1S/C32H47N3O3/c36-29(33-23-31-19-25-16-26(20-31)18-27(17-25)21-31)6-7-30(37)34-28-8-10-32(11-9-28,35-12-14-38-15-13-35)22-24-4-2-1-3-5-24/h1-5,25-28H,6-23H2,(H,33,36)(H,34,37). The van der Waals surface area contributed by atoms with E-state index in [9.17, 15) is 9.59 Å². The molecule has 1 aromatic rings. The van der Waals surface area contributed by atoms with Gasteiger partial charge in [-0.2, -0.15) is 0 Å². The first kappa shape index (κ1) is 26.3. The van der Waals surface area contributed by atoms with Gasteiger partial charge in [-0.1, -0.05) is 30.3 Å². The number of carbonyl (C=O) groups excluding carboxylic acids is 2. The van der Waals surface area contributed by atoms with Gasteiger partial charge < -0.3 is 15.4 Å². The van der Waals surface area contributed by atoms with Crippen molar-refractivity contribution in [2.24, 2.45) is 23.2 Å². The molecular formula is C32H47N3O3. The predicted molar refractivity (Wildman–Crippen MR) is 149 cm³/mol. The monoisotopic (exact) mass is 521 g/mol. The number of benzene rings is 1. The van der Waals surface area contributed by atoms with Gasteiger partial charge in [-0.25, -0.2) is 0 Å². The Morgan fingerprint density at radius 1 is 0.868 bits per heavy atom. The minimum Gasteiger partial charge on any atom is -0.379 e. The summed E-state index contributed by atoms with van der Waals surface area (Å²) in [7, 11) is 0. The van der Waals surface area contributed by atoms with Gasteiger partial charge in [0.05, 0.1) is 13.2 Å². The second kappa shape index (κ2) is 11.3. The molecule has 0 unspecified atom stereocenters. The number of morpholine rings is 1. The number of rotatable bonds is 9. The van der Waals surface area contributed by atoms with Crippen molar-refractivity contribution in [1.29, 1.82) is 0 Å². The third-order valence-corrected chi connectivity index (χ3v) is 10.7. The fraction of sp³-hybridized carbons (Fsp3) is 0.750. The Hall–Kier alpha value is -1.92. The van der Waals surface area contributed by atoms with Crippen molar-refractivity contribution < 1.29 is 14.3 Å². The van der Waals surface area contributed by atoms with Gasteiger partial charge in [0.25, 0.3) is 0 Å². The molecule has 1 aliphatic heterocycles. The average molecular weight is 522 g/mol. The number of nitrogens with zero attached hydrogens (tertiary/aromatic N) is 1. The lowest BCUT2D eigenvalue weighted by Crippen LogP contribution is -2.58. The molecule has 0 atom stereocenters. The Balaban J connectivity index is 0.951. The van der Waals surface area contributed by atoms with Gasteiger partial charge in [-0.15, -0.1) is 0 Å². The lowest BCUT2D eigenvalue weighted by Gasteiger charge is -2.56. The van der Waals surface area contributed by atoms with Crippen molar-refractivity contribution in [2.75, 3.05) is 32.8 Å². The number of nitrogens with one attached hydrogen (secondary N) is 2. The highest BCUT2D eigenvalue weighted by Crippen LogP contribution is 2.59. The van der Waals surface area contributed by atoms with E-state index < -0.39 is 0 Å². The fourth-order valence-electron chi connectivity index (χ4n) is 9.33. The van der Waals surface area contributed by atoms with Crippen LogP contribution < -0.4 is 10.6 Å². The van der Waals surface area contributed by atoms with Crippen LogP contribution in [0.2, 0.25) is 0 Å². The Labute approximate surface area is 228 Å². The Bertz CT molecular complexity index is 930. The van der Waals surface area contributed by atoms with Crippen molar-refractivity contribution in [3.63, 3.8) is 0 Å². The van der Waals surface area contributed by atoms with Crippen LogP contribution in [0.5, 0.6) is 0 Å². The Morgan fingerprint density at radius 2 is 1.47 bits per heavy atom. The zero-order chi connectivity index (χ0) is 26.0. The van der Waals surface area contributed by atoms with E-state index in [1.165, 1.54) is 44.1 Å². The second-order valence-electron chi connectivity index (χ2n) is 13.5. The summed E-state index contributed by atoms with van der Waals surface area (Å²) in [6, 6.07) is 11.0. The molecule has 2 amide bonds. The van der Waals surface area contributed by atoms with E-state index in [0.29, 0.717) is 18.3 Å². The molecule has 6 aliphatic rings. The van der Waals surface area contributed by atoms with Crippen molar-refractivity contribution >= 4 is 11.8 Å². The van der Waals surface area contributed by atoms with E-state index in [1.54, 1.807) is 0 Å². The van der Waals surface area contributed by atoms with Gasteiger partial charge in [0.1, 0.15) is 0 Å². The maximum atomic E-state index is 12.8. The van der Waals surface area contributed by atoms with Crippen molar-refractivity contribution in [3.05, 3.63) is 35.9 Å². The minimum absolute atomic E-state index is 0.0295. The summed E-state index contributed by atoms with van der Waals surface area (Å²) in [4.78, 5) is 28.1. The molecule has 6 nitrogen and oxygen atoms in total. The van der Waals surface area contributed by atoms with Crippen LogP contribution in [0.25, 0.3) is 0 Å². The van der Waals surface area contributed by atoms with Gasteiger partial charge >= 0.3 is 0 Å². The quantitative estimate of drug-likeness (QED) is 0.503. The van der Waals surface area contributed by atoms with Crippen LogP contribution >= 0.6 is 0 Å². The van der Waals surface area contributed by atoms with Gasteiger partial charge in [-0.05, 0) is 99.4 Å². The second-order valence-corrected chi connectivity index (χ2v) is 13.5. The minimum atomic E-state index is 0.0295. The number of ether oxygens (including phenoxy) is 1. The van der Waals surface area contributed by atoms with Gasteiger partial charge in [0.15, 0.2) is 0 Å². The fourth-order valence-corrected chi connectivity index (χ4v) is 9.33. The molecular weight excluding hydrogens is 474 g/mol. The molecule has 0 radical (unpaired) electrons. The van der Waals surface area contributed by atoms with Crippen LogP contribution in [0.1, 0.15) is 82.6 Å². The first-order chi connectivity index (χ1) is 18.5. The molecule has 208 valence electrons. The third kappa shape index (κ3) is 5.96. The molecule has 2 N–H and O–H groups in total. The normalized spacial score (nSPS) is 36.6. The lowest BCUT2D eigenvalue weighted by molar-refractivity contribution is -0.128. The lowest BCUT2D eigenvalue weighted by atomic mass is 9.49. The predicted octanol–water partition coefficient (Wildman–Crippen LogP) is 4.47. The van der Waals surface area contributed by atoms with Crippen LogP contribution in [0, 0.1) is 23.2 Å². The molecule has 5 aliphatic carbocycles. The molecule has 6 heteroatoms. The number of amides is 2. The zero-order valence-corrected chi connectivity index (χ0v) is 23.1. The summed E-state index contributed by atoms with van der Waals surface area (Å²) in [5, 5.41) is 6.50. The van der Waals surface area contributed by atoms with Crippen LogP contribution in [0.15, 0.2) is 30.3 Å². The summed E-state index contributed by atoms with van der Waals surface area (Å²) in [5.41, 5.74) is 1.88. The van der Waals surface area contributed by atoms with Gasteiger partial charge in [0, 0.05) is 44.1 Å². The van der Waals surface area contributed by atoms with Crippen LogP contribution in [-0.4, -0.2) is 61.1 Å². The molecule has 0 spiro atoms. The van der Waals surface area contributed by atoms with E-state index >= 15 is 0 Å². The smallest absolute Gasteiger partial charge is 0.220 e. The average Bonchev–Trinajstić information content (AvgIpc) is 2.92. The van der Waals surface area contributed by atoms with Crippen molar-refractivity contribution in [3.8, 4) is 0 Å². The molecule has 0 aromatic heterocycles. The number of hydrogen-bond donors (Lipinski definition) is 2. The summed E-state index contributed by atoms with van der Waals surface area (Å²) >= 11 is 0. The highest BCUT2D eigenvalue weighted by Gasteiger charge is 2.50. The number of hydrogen-bond acceptors (Lipinski definition) is 4. The molecule has 4 bridgehead atoms. The summed E-state index contributed by atoms with van der Waals surface area (Å²) in [5.74, 6) is 2.77. The maximum absolute atomic E-state index is 12.8. The SMILES string of the molecule is O=C(CCC(=O)NC1CCC(Cc2ccccc2)(N2CCOCC2)CC1)NCC12CC3CC(CC(C3)C1)C2. The first-order valence-electron chi connectivity index (χ1n) is 15.4. The third-order valence-electron chi connectivity index (χ3n) is 10.7. The van der Waals surface area contributed by atoms with E-state index in [0.717, 1.165) is 82.7 Å². The Morgan fingerprint density at radius 3 is 2.11 bits per heavy atom. The molecule has 1 heterocycles. The zero-order valence-electron chi connectivity index (χ0n) is 23.1. The first-order valence-corrected chi connectivity index (χ1v) is 15.4. The molecule has 38 heavy (non-hydrogen) atoms. The summed E-state index contributed by atoms with van der Waals surface area (Å²) < 4.78 is 5.65. The molecule has 7 rings (SSSR count). The van der Waals surface area contributed by atoms with Crippen LogP contribution in [0.3, 0.4) is 0 Å². The highest BCUT2D eigenvalue weighted by molar-refractivity contribution is 5.83. The number of carbonyl (C=O) groups is 2. The molecule has 5 saturated carbocycles. The van der Waals surface area contributed by atoms with Gasteiger partial charge in [0.2, 0.25) is 11.8 Å². The summed E-state index contributed by atoms with van der Waals surface area (Å²) in [6.45, 7) is 4.42. The molecule has 1 saturated heterocycles. The van der Waals surface area contributed by atoms with E-state index in [4.69, 9.17) is 4.74 Å². The highest BCUT2D eigenvalue weighted by atomic mass is 16.5. The topological polar surface area (TPSA) is 70.7 Å². The largest absolute Gasteiger partial charge is 0.379 e. The van der Waals surface area contributed by atoms with Gasteiger partial charge in [-0.3, -0.25) is 14.5 Å². The van der Waals surface area contributed by atoms with Crippen LogP contribution in [-0.2, 0) is 20.7 Å². The Kier molecular flexibility index (Phi) is 7.82.